The van der Waals surface area contributed by atoms with Crippen molar-refractivity contribution in [1.82, 2.24) is 9.21 Å². The second-order valence-electron chi connectivity index (χ2n) is 5.33. The zero-order chi connectivity index (χ0) is 15.5. The van der Waals surface area contributed by atoms with E-state index in [-0.39, 0.29) is 10.9 Å². The molecule has 6 heteroatoms. The molecule has 0 radical (unpaired) electrons. The first-order valence-corrected chi connectivity index (χ1v) is 8.63. The number of nitrogens with zero attached hydrogens (tertiary/aromatic N) is 3. The fourth-order valence-corrected chi connectivity index (χ4v) is 4.15. The molecule has 1 aromatic rings. The van der Waals surface area contributed by atoms with E-state index in [4.69, 9.17) is 5.26 Å². The van der Waals surface area contributed by atoms with Crippen LogP contribution in [-0.4, -0.2) is 50.3 Å². The van der Waals surface area contributed by atoms with Gasteiger partial charge < -0.3 is 4.90 Å². The maximum absolute atomic E-state index is 12.7. The monoisotopic (exact) mass is 307 g/mol. The van der Waals surface area contributed by atoms with Gasteiger partial charge in [-0.25, -0.2) is 8.42 Å². The second kappa shape index (κ2) is 6.56. The molecule has 0 saturated carbocycles. The van der Waals surface area contributed by atoms with E-state index >= 15 is 0 Å². The van der Waals surface area contributed by atoms with Crippen molar-refractivity contribution in [3.63, 3.8) is 0 Å². The van der Waals surface area contributed by atoms with Crippen molar-refractivity contribution in [2.45, 2.75) is 30.7 Å². The van der Waals surface area contributed by atoms with Crippen LogP contribution in [0.3, 0.4) is 0 Å². The molecule has 1 aromatic carbocycles. The molecule has 0 unspecified atom stereocenters. The molecule has 0 amide bonds. The van der Waals surface area contributed by atoms with Crippen LogP contribution in [0, 0.1) is 11.3 Å². The standard InChI is InChI=1S/C15H21N3O2S/c1-3-18-9-7-14(8-10-18)17(2)21(19,20)15-6-4-5-13(11-15)12-16/h4-6,11,14H,3,7-10H2,1-2H3. The average Bonchev–Trinajstić information content (AvgIpc) is 2.54. The van der Waals surface area contributed by atoms with Gasteiger partial charge in [-0.2, -0.15) is 9.57 Å². The van der Waals surface area contributed by atoms with E-state index in [1.54, 1.807) is 25.2 Å². The van der Waals surface area contributed by atoms with Crippen LogP contribution in [-0.2, 0) is 10.0 Å². The summed E-state index contributed by atoms with van der Waals surface area (Å²) in [6, 6.07) is 8.22. The van der Waals surface area contributed by atoms with E-state index < -0.39 is 10.0 Å². The van der Waals surface area contributed by atoms with Gasteiger partial charge in [0.15, 0.2) is 0 Å². The summed E-state index contributed by atoms with van der Waals surface area (Å²) >= 11 is 0. The molecule has 0 aromatic heterocycles. The highest BCUT2D eigenvalue weighted by atomic mass is 32.2. The molecule has 1 heterocycles. The lowest BCUT2D eigenvalue weighted by atomic mass is 10.1. The summed E-state index contributed by atoms with van der Waals surface area (Å²) in [4.78, 5) is 2.52. The minimum atomic E-state index is -3.53. The lowest BCUT2D eigenvalue weighted by Crippen LogP contribution is -2.45. The Morgan fingerprint density at radius 3 is 2.62 bits per heavy atom. The van der Waals surface area contributed by atoms with Crippen molar-refractivity contribution < 1.29 is 8.42 Å². The maximum atomic E-state index is 12.7. The minimum absolute atomic E-state index is 0.0311. The van der Waals surface area contributed by atoms with Crippen molar-refractivity contribution >= 4 is 10.0 Å². The first-order valence-electron chi connectivity index (χ1n) is 7.19. The quantitative estimate of drug-likeness (QED) is 0.848. The summed E-state index contributed by atoms with van der Waals surface area (Å²) in [7, 11) is -1.89. The van der Waals surface area contributed by atoms with E-state index in [1.807, 2.05) is 6.07 Å². The van der Waals surface area contributed by atoms with E-state index in [2.05, 4.69) is 11.8 Å². The van der Waals surface area contributed by atoms with Gasteiger partial charge in [0, 0.05) is 13.1 Å². The normalized spacial score (nSPS) is 17.8. The summed E-state index contributed by atoms with van der Waals surface area (Å²) in [5.74, 6) is 0. The number of likely N-dealkylation sites (tertiary alicyclic amines) is 1. The number of piperidine rings is 1. The fourth-order valence-electron chi connectivity index (χ4n) is 2.69. The largest absolute Gasteiger partial charge is 0.303 e. The number of hydrogen-bond acceptors (Lipinski definition) is 4. The van der Waals surface area contributed by atoms with Gasteiger partial charge in [0.05, 0.1) is 16.5 Å². The number of nitriles is 1. The molecule has 5 nitrogen and oxygen atoms in total. The smallest absolute Gasteiger partial charge is 0.243 e. The third-order valence-corrected chi connectivity index (χ3v) is 6.06. The van der Waals surface area contributed by atoms with Crippen LogP contribution < -0.4 is 0 Å². The predicted molar refractivity (Wildman–Crippen MR) is 81.2 cm³/mol. The van der Waals surface area contributed by atoms with Crippen molar-refractivity contribution in [2.75, 3.05) is 26.7 Å². The molecule has 21 heavy (non-hydrogen) atoms. The highest BCUT2D eigenvalue weighted by molar-refractivity contribution is 7.89. The number of sulfonamides is 1. The van der Waals surface area contributed by atoms with E-state index in [1.165, 1.54) is 10.4 Å². The van der Waals surface area contributed by atoms with Crippen molar-refractivity contribution in [3.05, 3.63) is 29.8 Å². The summed E-state index contributed by atoms with van der Waals surface area (Å²) in [5, 5.41) is 8.91. The Labute approximate surface area is 126 Å². The minimum Gasteiger partial charge on any atom is -0.303 e. The Bertz CT molecular complexity index is 629. The Balaban J connectivity index is 2.17. The van der Waals surface area contributed by atoms with Crippen LogP contribution in [0.25, 0.3) is 0 Å². The van der Waals surface area contributed by atoms with Gasteiger partial charge >= 0.3 is 0 Å². The number of rotatable bonds is 4. The highest BCUT2D eigenvalue weighted by Gasteiger charge is 2.30. The van der Waals surface area contributed by atoms with Crippen molar-refractivity contribution in [3.8, 4) is 6.07 Å². The van der Waals surface area contributed by atoms with E-state index in [9.17, 15) is 8.42 Å². The topological polar surface area (TPSA) is 64.4 Å². The molecule has 1 aliphatic heterocycles. The Kier molecular flexibility index (Phi) is 4.99. The molecule has 0 atom stereocenters. The zero-order valence-electron chi connectivity index (χ0n) is 12.5. The van der Waals surface area contributed by atoms with Crippen LogP contribution >= 0.6 is 0 Å². The summed E-state index contributed by atoms with van der Waals surface area (Å²) in [5.41, 5.74) is 0.366. The number of hydrogen-bond donors (Lipinski definition) is 0. The van der Waals surface area contributed by atoms with E-state index in [0.717, 1.165) is 32.5 Å². The van der Waals surface area contributed by atoms with Gasteiger partial charge in [0.2, 0.25) is 10.0 Å². The number of benzene rings is 1. The lowest BCUT2D eigenvalue weighted by molar-refractivity contribution is 0.176. The van der Waals surface area contributed by atoms with Crippen LogP contribution in [0.1, 0.15) is 25.3 Å². The Hall–Kier alpha value is -1.42. The molecule has 0 aliphatic carbocycles. The van der Waals surface area contributed by atoms with Crippen molar-refractivity contribution in [2.24, 2.45) is 0 Å². The zero-order valence-corrected chi connectivity index (χ0v) is 13.3. The molecular formula is C15H21N3O2S. The van der Waals surface area contributed by atoms with Gasteiger partial charge in [0.25, 0.3) is 0 Å². The van der Waals surface area contributed by atoms with Crippen LogP contribution in [0.2, 0.25) is 0 Å². The highest BCUT2D eigenvalue weighted by Crippen LogP contribution is 2.23. The Morgan fingerprint density at radius 1 is 1.38 bits per heavy atom. The van der Waals surface area contributed by atoms with Gasteiger partial charge in [-0.1, -0.05) is 13.0 Å². The van der Waals surface area contributed by atoms with E-state index in [0.29, 0.717) is 5.56 Å². The molecule has 1 fully saturated rings. The summed E-state index contributed by atoms with van der Waals surface area (Å²) in [6.45, 7) is 4.99. The summed E-state index contributed by atoms with van der Waals surface area (Å²) in [6.07, 6.45) is 1.70. The maximum Gasteiger partial charge on any atom is 0.243 e. The van der Waals surface area contributed by atoms with Crippen molar-refractivity contribution in [1.29, 1.82) is 5.26 Å². The van der Waals surface area contributed by atoms with Gasteiger partial charge in [-0.3, -0.25) is 0 Å². The Morgan fingerprint density at radius 2 is 2.05 bits per heavy atom. The van der Waals surface area contributed by atoms with Gasteiger partial charge in [-0.15, -0.1) is 0 Å². The first-order chi connectivity index (χ1) is 9.98. The van der Waals surface area contributed by atoms with Crippen LogP contribution in [0.15, 0.2) is 29.2 Å². The second-order valence-corrected chi connectivity index (χ2v) is 7.32. The average molecular weight is 307 g/mol. The molecule has 1 saturated heterocycles. The van der Waals surface area contributed by atoms with Gasteiger partial charge in [-0.05, 0) is 50.7 Å². The van der Waals surface area contributed by atoms with Gasteiger partial charge in [0.1, 0.15) is 0 Å². The third-order valence-electron chi connectivity index (χ3n) is 4.16. The molecule has 114 valence electrons. The predicted octanol–water partition coefficient (Wildman–Crippen LogP) is 1.66. The van der Waals surface area contributed by atoms with Crippen LogP contribution in [0.5, 0.6) is 0 Å². The fraction of sp³-hybridized carbons (Fsp3) is 0.533. The molecular weight excluding hydrogens is 286 g/mol. The van der Waals surface area contributed by atoms with Crippen LogP contribution in [0.4, 0.5) is 0 Å². The molecule has 1 aliphatic rings. The lowest BCUT2D eigenvalue weighted by Gasteiger charge is -2.35. The SMILES string of the molecule is CCN1CCC(N(C)S(=O)(=O)c2cccc(C#N)c2)CC1. The molecule has 0 N–H and O–H groups in total. The molecule has 2 rings (SSSR count). The molecule has 0 bridgehead atoms. The third kappa shape index (κ3) is 3.43. The first kappa shape index (κ1) is 16.0. The molecule has 0 spiro atoms. The summed E-state index contributed by atoms with van der Waals surface area (Å²) < 4.78 is 26.8.